The number of carboxylic acids is 1. The number of hydrogen-bond acceptors (Lipinski definition) is 8. The zero-order valence-electron chi connectivity index (χ0n) is 40.0. The number of aliphatic hydroxyl groups is 1. The van der Waals surface area contributed by atoms with Gasteiger partial charge >= 0.3 is 35.7 Å². The summed E-state index contributed by atoms with van der Waals surface area (Å²) in [5, 5.41) is 24.8. The topological polar surface area (TPSA) is 116 Å². The third-order valence-electron chi connectivity index (χ3n) is 13.2. The van der Waals surface area contributed by atoms with Crippen molar-refractivity contribution in [2.75, 3.05) is 25.4 Å². The number of pyridine rings is 2. The molecule has 3 heterocycles. The third kappa shape index (κ3) is 13.7. The molecule has 1 N–H and O–H groups in total. The molecule has 2 fully saturated rings. The molecule has 9 rings (SSSR count). The zero-order valence-corrected chi connectivity index (χ0v) is 44.3. The van der Waals surface area contributed by atoms with Gasteiger partial charge in [-0.15, -0.1) is 0 Å². The van der Waals surface area contributed by atoms with Crippen molar-refractivity contribution in [1.82, 2.24) is 14.9 Å². The van der Waals surface area contributed by atoms with Gasteiger partial charge in [0.05, 0.1) is 29.1 Å². The minimum absolute atomic E-state index is 0. The maximum atomic E-state index is 12.0. The van der Waals surface area contributed by atoms with Gasteiger partial charge in [0.1, 0.15) is 0 Å². The number of hydrogen-bond donors (Lipinski definition) is 1. The molecule has 69 heavy (non-hydrogen) atoms. The molecule has 1 atom stereocenters. The fraction of sp³-hybridized carbons (Fsp3) is 0.333. The van der Waals surface area contributed by atoms with Gasteiger partial charge in [0.2, 0.25) is 0 Å². The van der Waals surface area contributed by atoms with Crippen LogP contribution in [0.4, 0.5) is 4.79 Å². The van der Waals surface area contributed by atoms with Gasteiger partial charge in [-0.05, 0) is 171 Å². The average molecular weight is 991 g/mol. The van der Waals surface area contributed by atoms with Crippen LogP contribution in [0.5, 0.6) is 0 Å². The SMILES string of the molecule is CC(C)(O)c1ccccc1CC[C@@H](SCC1(CC(=O)[O-])CC1)c1cccc(/C=C/c2ccc3ccc(Cl)cc3n2)c1.CCOC(=O)N1CCC(=C2c3ccc(Cl)cc3CCc3cccnc32)CC1.[Na+]. The second-order valence-electron chi connectivity index (χ2n) is 18.7. The number of fused-ring (bicyclic) bond motifs is 3. The number of carbonyl (C=O) groups is 2. The van der Waals surface area contributed by atoms with Gasteiger partial charge in [-0.1, -0.05) is 108 Å². The van der Waals surface area contributed by atoms with E-state index in [0.29, 0.717) is 24.7 Å². The Morgan fingerprint density at radius 1 is 0.884 bits per heavy atom. The number of aromatic nitrogens is 2. The Bertz CT molecular complexity index is 2850. The number of aliphatic carboxylic acids is 1. The van der Waals surface area contributed by atoms with Crippen molar-refractivity contribution in [1.29, 1.82) is 0 Å². The summed E-state index contributed by atoms with van der Waals surface area (Å²) in [5.41, 5.74) is 12.5. The van der Waals surface area contributed by atoms with Crippen LogP contribution in [0.15, 0.2) is 121 Å². The first-order valence-corrected chi connectivity index (χ1v) is 25.4. The maximum absolute atomic E-state index is 12.0. The zero-order chi connectivity index (χ0) is 47.8. The summed E-state index contributed by atoms with van der Waals surface area (Å²) in [5.74, 6) is -0.168. The summed E-state index contributed by atoms with van der Waals surface area (Å²) in [4.78, 5) is 34.7. The van der Waals surface area contributed by atoms with Crippen LogP contribution in [0.3, 0.4) is 0 Å². The van der Waals surface area contributed by atoms with Crippen molar-refractivity contribution in [3.8, 4) is 0 Å². The quantitative estimate of drug-likeness (QED) is 0.114. The van der Waals surface area contributed by atoms with Crippen molar-refractivity contribution in [2.24, 2.45) is 5.41 Å². The predicted molar refractivity (Wildman–Crippen MR) is 276 cm³/mol. The van der Waals surface area contributed by atoms with Crippen molar-refractivity contribution >= 4 is 75.7 Å². The van der Waals surface area contributed by atoms with Gasteiger partial charge in [-0.3, -0.25) is 4.98 Å². The fourth-order valence-corrected chi connectivity index (χ4v) is 11.3. The van der Waals surface area contributed by atoms with Crippen LogP contribution in [0.25, 0.3) is 28.6 Å². The minimum atomic E-state index is -0.963. The predicted octanol–water partition coefficient (Wildman–Crippen LogP) is 9.51. The van der Waals surface area contributed by atoms with Crippen molar-refractivity contribution in [3.05, 3.63) is 181 Å². The molecule has 8 nitrogen and oxygen atoms in total. The molecule has 6 aromatic rings. The smallest absolute Gasteiger partial charge is 0.550 e. The van der Waals surface area contributed by atoms with Crippen LogP contribution in [0.1, 0.15) is 115 Å². The number of nitrogens with zero attached hydrogens (tertiary/aromatic N) is 3. The Labute approximate surface area is 442 Å². The number of piperidine rings is 1. The number of benzene rings is 4. The summed E-state index contributed by atoms with van der Waals surface area (Å²) in [7, 11) is 0. The molecule has 1 saturated carbocycles. The standard InChI is InChI=1S/C35H36ClNO3S.C22H23ClN2O2.Na/c1-34(2,40)30-9-4-3-7-25(30)13-17-32(41-23-35(18-19-35)22-33(38)39)27-8-5-6-24(20-27)10-15-29-16-12-26-11-14-28(36)21-31(26)37-29;1-2-27-22(26)25-12-9-15(10-13-25)20-19-8-7-18(23)14-17(19)6-5-16-4-3-11-24-21(16)20;/h3-12,14-16,20-21,32,40H,13,17-19,22-23H2,1-2H3,(H,38,39);3-4,7-8,11,14H,2,5-6,9-10,12-13H2,1H3;/q;;+1/p-1/b15-10+;;/t32-;;/m1../s1. The Balaban J connectivity index is 0.000000218. The van der Waals surface area contributed by atoms with Crippen LogP contribution >= 0.6 is 35.0 Å². The molecular formula is C57H58Cl2N3NaO5S. The average Bonchev–Trinajstić information content (AvgIpc) is 4.12. The molecule has 0 radical (unpaired) electrons. The van der Waals surface area contributed by atoms with Gasteiger partial charge in [-0.2, -0.15) is 11.8 Å². The van der Waals surface area contributed by atoms with Crippen molar-refractivity contribution < 1.29 is 54.1 Å². The second kappa shape index (κ2) is 23.6. The number of amides is 1. The molecule has 0 unspecified atom stereocenters. The molecule has 0 bridgehead atoms. The Hall–Kier alpha value is -4.45. The van der Waals surface area contributed by atoms with Gasteiger partial charge in [-0.25, -0.2) is 9.78 Å². The molecule has 2 aromatic heterocycles. The summed E-state index contributed by atoms with van der Waals surface area (Å²) in [6, 6.07) is 36.7. The molecule has 0 spiro atoms. The van der Waals surface area contributed by atoms with Crippen LogP contribution in [0, 0.1) is 5.41 Å². The second-order valence-corrected chi connectivity index (χ2v) is 20.7. The van der Waals surface area contributed by atoms with E-state index in [0.717, 1.165) is 101 Å². The Morgan fingerprint density at radius 3 is 2.38 bits per heavy atom. The fourth-order valence-electron chi connectivity index (χ4n) is 9.40. The van der Waals surface area contributed by atoms with Gasteiger partial charge in [0.15, 0.2) is 0 Å². The van der Waals surface area contributed by atoms with Gasteiger partial charge < -0.3 is 24.6 Å². The van der Waals surface area contributed by atoms with Crippen LogP contribution < -0.4 is 34.7 Å². The van der Waals surface area contributed by atoms with E-state index in [-0.39, 0.29) is 52.7 Å². The number of halogens is 2. The molecule has 4 aromatic carbocycles. The van der Waals surface area contributed by atoms with E-state index in [9.17, 15) is 19.8 Å². The van der Waals surface area contributed by atoms with Crippen LogP contribution in [-0.2, 0) is 34.4 Å². The third-order valence-corrected chi connectivity index (χ3v) is 15.4. The number of aryl methyl sites for hydroxylation is 3. The van der Waals surface area contributed by atoms with E-state index in [1.807, 2.05) is 105 Å². The first kappa shape index (κ1) is 52.4. The van der Waals surface area contributed by atoms with Crippen LogP contribution in [-0.4, -0.2) is 57.5 Å². The normalized spacial score (nSPS) is 15.5. The number of carboxylic acid groups (broad SMARTS) is 1. The monoisotopic (exact) mass is 989 g/mol. The van der Waals surface area contributed by atoms with Crippen molar-refractivity contribution in [2.45, 2.75) is 89.4 Å². The van der Waals surface area contributed by atoms with Crippen LogP contribution in [0.2, 0.25) is 10.0 Å². The Morgan fingerprint density at radius 2 is 1.62 bits per heavy atom. The van der Waals surface area contributed by atoms with E-state index in [1.165, 1.54) is 33.4 Å². The minimum Gasteiger partial charge on any atom is -0.550 e. The summed E-state index contributed by atoms with van der Waals surface area (Å²) >= 11 is 14.3. The molecular weight excluding hydrogens is 933 g/mol. The molecule has 12 heteroatoms. The number of likely N-dealkylation sites (tertiary alicyclic amines) is 1. The molecule has 3 aliphatic rings. The van der Waals surface area contributed by atoms with E-state index >= 15 is 0 Å². The number of thioether (sulfide) groups is 1. The Kier molecular flexibility index (Phi) is 17.9. The summed E-state index contributed by atoms with van der Waals surface area (Å²) in [6.45, 7) is 7.26. The molecule has 352 valence electrons. The molecule has 2 aliphatic carbocycles. The van der Waals surface area contributed by atoms with Gasteiger partial charge in [0.25, 0.3) is 0 Å². The number of carbonyl (C=O) groups excluding carboxylic acids is 2. The largest absolute Gasteiger partial charge is 1.00 e. The maximum Gasteiger partial charge on any atom is 1.00 e. The number of rotatable bonds is 13. The van der Waals surface area contributed by atoms with E-state index in [4.69, 9.17) is 37.9 Å². The number of ether oxygens (including phenoxy) is 1. The molecule has 1 aliphatic heterocycles. The van der Waals surface area contributed by atoms with E-state index < -0.39 is 11.6 Å². The molecule has 1 saturated heterocycles. The molecule has 1 amide bonds. The van der Waals surface area contributed by atoms with Gasteiger partial charge in [0, 0.05) is 51.5 Å². The summed E-state index contributed by atoms with van der Waals surface area (Å²) < 4.78 is 5.15. The summed E-state index contributed by atoms with van der Waals surface area (Å²) in [6.07, 6.45) is 13.0. The van der Waals surface area contributed by atoms with E-state index in [1.54, 1.807) is 4.90 Å². The van der Waals surface area contributed by atoms with Crippen molar-refractivity contribution in [3.63, 3.8) is 0 Å². The van der Waals surface area contributed by atoms with E-state index in [2.05, 4.69) is 54.6 Å². The first-order valence-electron chi connectivity index (χ1n) is 23.6. The first-order chi connectivity index (χ1) is 32.8.